The van der Waals surface area contributed by atoms with Gasteiger partial charge in [-0.25, -0.2) is 0 Å². The van der Waals surface area contributed by atoms with E-state index < -0.39 is 23.5 Å². The van der Waals surface area contributed by atoms with Gasteiger partial charge in [-0.3, -0.25) is 19.3 Å². The van der Waals surface area contributed by atoms with E-state index >= 15 is 0 Å². The van der Waals surface area contributed by atoms with E-state index in [4.69, 9.17) is 9.15 Å². The highest BCUT2D eigenvalue weighted by atomic mass is 16.5. The highest BCUT2D eigenvalue weighted by molar-refractivity contribution is 6.20. The van der Waals surface area contributed by atoms with Crippen molar-refractivity contribution in [2.45, 2.75) is 13.0 Å². The highest BCUT2D eigenvalue weighted by Crippen LogP contribution is 2.45. The first-order chi connectivity index (χ1) is 15.4. The molecule has 2 N–H and O–H groups in total. The Labute approximate surface area is 183 Å². The minimum atomic E-state index is -0.983. The van der Waals surface area contributed by atoms with Gasteiger partial charge in [0.1, 0.15) is 5.75 Å². The predicted octanol–water partition coefficient (Wildman–Crippen LogP) is 4.03. The first kappa shape index (κ1) is 20.9. The van der Waals surface area contributed by atoms with Crippen LogP contribution in [0.1, 0.15) is 29.1 Å². The topological polar surface area (TPSA) is 109 Å². The molecular weight excluding hydrogens is 412 g/mol. The maximum atomic E-state index is 13.2. The van der Waals surface area contributed by atoms with Crippen LogP contribution in [0.15, 0.2) is 82.7 Å². The molecule has 1 atom stereocenters. The molecule has 4 rings (SSSR count). The summed E-state index contributed by atoms with van der Waals surface area (Å²) in [5.74, 6) is -1.88. The fourth-order valence-electron chi connectivity index (χ4n) is 3.77. The van der Waals surface area contributed by atoms with E-state index in [-0.39, 0.29) is 17.2 Å². The maximum Gasteiger partial charge on any atom is 0.294 e. The summed E-state index contributed by atoms with van der Waals surface area (Å²) in [6.07, 6.45) is 1.34. The van der Waals surface area contributed by atoms with Crippen LogP contribution in [0.25, 0.3) is 0 Å². The van der Waals surface area contributed by atoms with Crippen molar-refractivity contribution in [3.05, 3.63) is 89.6 Å². The Morgan fingerprint density at radius 2 is 1.88 bits per heavy atom. The summed E-state index contributed by atoms with van der Waals surface area (Å²) in [6, 6.07) is 15.5. The first-order valence-corrected chi connectivity index (χ1v) is 9.78. The van der Waals surface area contributed by atoms with E-state index in [1.165, 1.54) is 31.3 Å². The second-order valence-corrected chi connectivity index (χ2v) is 7.12. The molecule has 0 radical (unpaired) electrons. The summed E-state index contributed by atoms with van der Waals surface area (Å²) in [6.45, 7) is 1.37. The van der Waals surface area contributed by atoms with Crippen LogP contribution < -0.4 is 15.0 Å². The van der Waals surface area contributed by atoms with Crippen LogP contribution in [0.2, 0.25) is 0 Å². The number of rotatable bonds is 6. The number of hydrogen-bond donors (Lipinski definition) is 2. The van der Waals surface area contributed by atoms with Crippen LogP contribution in [0.3, 0.4) is 0 Å². The van der Waals surface area contributed by atoms with Gasteiger partial charge in [-0.1, -0.05) is 24.3 Å². The van der Waals surface area contributed by atoms with Crippen LogP contribution in [-0.4, -0.2) is 29.8 Å². The number of ketones is 1. The van der Waals surface area contributed by atoms with Gasteiger partial charge in [-0.2, -0.15) is 0 Å². The molecule has 8 heteroatoms. The molecule has 0 spiro atoms. The average Bonchev–Trinajstić information content (AvgIpc) is 3.40. The zero-order chi connectivity index (χ0) is 22.8. The van der Waals surface area contributed by atoms with Crippen molar-refractivity contribution in [2.75, 3.05) is 17.3 Å². The Kier molecular flexibility index (Phi) is 5.51. The number of nitrogens with one attached hydrogen (secondary N) is 1. The van der Waals surface area contributed by atoms with E-state index in [0.717, 1.165) is 0 Å². The summed E-state index contributed by atoms with van der Waals surface area (Å²) in [5.41, 5.74) is 1.23. The maximum absolute atomic E-state index is 13.2. The molecule has 1 unspecified atom stereocenters. The summed E-state index contributed by atoms with van der Waals surface area (Å²) in [4.78, 5) is 39.3. The number of aliphatic hydroxyl groups is 1. The molecule has 1 aromatic heterocycles. The number of anilines is 2. The molecule has 2 amide bonds. The van der Waals surface area contributed by atoms with E-state index in [9.17, 15) is 19.5 Å². The molecular formula is C24H20N2O6. The smallest absolute Gasteiger partial charge is 0.294 e. The number of carbonyl (C=O) groups excluding carboxylic acids is 3. The lowest BCUT2D eigenvalue weighted by molar-refractivity contribution is -0.117. The van der Waals surface area contributed by atoms with Crippen LogP contribution in [-0.2, 0) is 9.59 Å². The van der Waals surface area contributed by atoms with Crippen molar-refractivity contribution < 1.29 is 28.6 Å². The van der Waals surface area contributed by atoms with Crippen molar-refractivity contribution in [2.24, 2.45) is 0 Å². The lowest BCUT2D eigenvalue weighted by Crippen LogP contribution is -2.31. The number of furan rings is 1. The number of para-hydroxylation sites is 1. The lowest BCUT2D eigenvalue weighted by Gasteiger charge is -2.28. The third kappa shape index (κ3) is 3.62. The van der Waals surface area contributed by atoms with Crippen LogP contribution >= 0.6 is 0 Å². The minimum Gasteiger partial charge on any atom is -0.503 e. The first-order valence-electron chi connectivity index (χ1n) is 9.78. The van der Waals surface area contributed by atoms with E-state index in [2.05, 4.69) is 5.32 Å². The number of Topliss-reactive ketones (excluding diaryl/α,β-unsaturated/α-hetero) is 1. The van der Waals surface area contributed by atoms with Gasteiger partial charge in [0.2, 0.25) is 11.7 Å². The van der Waals surface area contributed by atoms with Crippen LogP contribution in [0.5, 0.6) is 5.75 Å². The molecule has 0 saturated heterocycles. The Morgan fingerprint density at radius 1 is 1.09 bits per heavy atom. The Bertz CT molecular complexity index is 1230. The number of nitrogens with zero attached hydrogens (tertiary/aromatic N) is 1. The lowest BCUT2D eigenvalue weighted by atomic mass is 9.94. The summed E-state index contributed by atoms with van der Waals surface area (Å²) in [5, 5.41) is 13.5. The summed E-state index contributed by atoms with van der Waals surface area (Å²) >= 11 is 0. The fourth-order valence-corrected chi connectivity index (χ4v) is 3.77. The molecule has 8 nitrogen and oxygen atoms in total. The van der Waals surface area contributed by atoms with Gasteiger partial charge >= 0.3 is 0 Å². The van der Waals surface area contributed by atoms with Gasteiger partial charge in [-0.05, 0) is 36.4 Å². The molecule has 0 aliphatic carbocycles. The van der Waals surface area contributed by atoms with Crippen LogP contribution in [0, 0.1) is 0 Å². The van der Waals surface area contributed by atoms with E-state index in [1.54, 1.807) is 54.6 Å². The SMILES string of the molecule is COc1ccccc1C1C(C(=O)c2ccco2)=C(O)C(=O)N1c1cccc(NC(C)=O)c1. The molecule has 32 heavy (non-hydrogen) atoms. The van der Waals surface area contributed by atoms with E-state index in [0.29, 0.717) is 22.7 Å². The number of hydrogen-bond acceptors (Lipinski definition) is 6. The zero-order valence-electron chi connectivity index (χ0n) is 17.4. The van der Waals surface area contributed by atoms with E-state index in [1.807, 2.05) is 0 Å². The molecule has 0 saturated carbocycles. The van der Waals surface area contributed by atoms with Gasteiger partial charge in [0, 0.05) is 23.9 Å². The third-order valence-electron chi connectivity index (χ3n) is 5.08. The number of carbonyl (C=O) groups is 3. The molecule has 3 aromatic rings. The Balaban J connectivity index is 1.89. The second kappa shape index (κ2) is 8.43. The number of methoxy groups -OCH3 is 1. The molecule has 2 aromatic carbocycles. The largest absolute Gasteiger partial charge is 0.503 e. The van der Waals surface area contributed by atoms with Crippen molar-refractivity contribution in [3.8, 4) is 5.75 Å². The quantitative estimate of drug-likeness (QED) is 0.569. The van der Waals surface area contributed by atoms with Crippen LogP contribution in [0.4, 0.5) is 11.4 Å². The van der Waals surface area contributed by atoms with Gasteiger partial charge in [0.15, 0.2) is 11.5 Å². The number of ether oxygens (including phenoxy) is 1. The molecule has 2 heterocycles. The molecule has 162 valence electrons. The number of benzene rings is 2. The second-order valence-electron chi connectivity index (χ2n) is 7.12. The summed E-state index contributed by atoms with van der Waals surface area (Å²) < 4.78 is 10.7. The summed E-state index contributed by atoms with van der Waals surface area (Å²) in [7, 11) is 1.48. The van der Waals surface area contributed by atoms with Crippen molar-refractivity contribution >= 4 is 29.0 Å². The standard InChI is InChI=1S/C24H20N2O6/c1-14(27)25-15-7-5-8-16(13-15)26-21(17-9-3-4-10-18(17)31-2)20(23(29)24(26)30)22(28)19-11-6-12-32-19/h3-13,21,29H,1-2H3,(H,25,27). The van der Waals surface area contributed by atoms with Gasteiger partial charge in [-0.15, -0.1) is 0 Å². The highest BCUT2D eigenvalue weighted by Gasteiger charge is 2.46. The third-order valence-corrected chi connectivity index (χ3v) is 5.08. The number of amides is 2. The number of aliphatic hydroxyl groups excluding tert-OH is 1. The minimum absolute atomic E-state index is 0.00639. The van der Waals surface area contributed by atoms with Crippen molar-refractivity contribution in [3.63, 3.8) is 0 Å². The molecule has 1 aliphatic rings. The zero-order valence-corrected chi connectivity index (χ0v) is 17.4. The molecule has 0 bridgehead atoms. The van der Waals surface area contributed by atoms with Crippen molar-refractivity contribution in [1.29, 1.82) is 0 Å². The molecule has 1 aliphatic heterocycles. The molecule has 0 fully saturated rings. The van der Waals surface area contributed by atoms with Gasteiger partial charge in [0.25, 0.3) is 5.91 Å². The fraction of sp³-hybridized carbons (Fsp3) is 0.125. The Morgan fingerprint density at radius 3 is 2.56 bits per heavy atom. The van der Waals surface area contributed by atoms with Gasteiger partial charge in [0.05, 0.1) is 25.0 Å². The Hall–Kier alpha value is -4.33. The van der Waals surface area contributed by atoms with Crippen molar-refractivity contribution in [1.82, 2.24) is 0 Å². The average molecular weight is 432 g/mol. The normalized spacial score (nSPS) is 15.8. The van der Waals surface area contributed by atoms with Gasteiger partial charge < -0.3 is 19.6 Å². The monoisotopic (exact) mass is 432 g/mol. The predicted molar refractivity (Wildman–Crippen MR) is 117 cm³/mol.